The van der Waals surface area contributed by atoms with Crippen molar-refractivity contribution in [1.82, 2.24) is 14.0 Å². The van der Waals surface area contributed by atoms with Crippen LogP contribution in [0.5, 0.6) is 11.5 Å². The average Bonchev–Trinajstić information content (AvgIpc) is 3.49. The molecule has 35 heavy (non-hydrogen) atoms. The van der Waals surface area contributed by atoms with E-state index in [1.54, 1.807) is 11.5 Å². The summed E-state index contributed by atoms with van der Waals surface area (Å²) in [6, 6.07) is 23.6. The number of hydrogen-bond acceptors (Lipinski definition) is 5. The quantitative estimate of drug-likeness (QED) is 0.343. The topological polar surface area (TPSA) is 57.8 Å². The van der Waals surface area contributed by atoms with Crippen LogP contribution in [0.1, 0.15) is 11.3 Å². The molecule has 0 saturated carbocycles. The summed E-state index contributed by atoms with van der Waals surface area (Å²) < 4.78 is 15.9. The molecular formula is C28H23N3O3S. The molecule has 6 rings (SSSR count). The van der Waals surface area contributed by atoms with E-state index in [9.17, 15) is 4.79 Å². The lowest BCUT2D eigenvalue weighted by Crippen LogP contribution is -2.22. The highest BCUT2D eigenvalue weighted by atomic mass is 32.1. The monoisotopic (exact) mass is 481 g/mol. The zero-order chi connectivity index (χ0) is 23.9. The highest BCUT2D eigenvalue weighted by molar-refractivity contribution is 7.15. The van der Waals surface area contributed by atoms with Crippen molar-refractivity contribution in [3.63, 3.8) is 0 Å². The fourth-order valence-electron chi connectivity index (χ4n) is 4.62. The van der Waals surface area contributed by atoms with E-state index < -0.39 is 0 Å². The van der Waals surface area contributed by atoms with Gasteiger partial charge in [-0.05, 0) is 43.3 Å². The van der Waals surface area contributed by atoms with Gasteiger partial charge in [0.25, 0.3) is 5.56 Å². The normalized spacial score (nSPS) is 12.2. The van der Waals surface area contributed by atoms with Crippen LogP contribution in [0.4, 0.5) is 0 Å². The number of rotatable bonds is 6. The molecule has 0 spiro atoms. The number of imidazole rings is 1. The predicted octanol–water partition coefficient (Wildman–Crippen LogP) is 4.81. The van der Waals surface area contributed by atoms with Crippen molar-refractivity contribution in [2.24, 2.45) is 0 Å². The van der Waals surface area contributed by atoms with Gasteiger partial charge >= 0.3 is 0 Å². The Kier molecular flexibility index (Phi) is 5.26. The molecule has 174 valence electrons. The molecule has 0 bridgehead atoms. The summed E-state index contributed by atoms with van der Waals surface area (Å²) in [4.78, 5) is 18.7. The van der Waals surface area contributed by atoms with Gasteiger partial charge in [0.1, 0.15) is 18.1 Å². The van der Waals surface area contributed by atoms with Crippen LogP contribution in [0.25, 0.3) is 33.0 Å². The molecule has 0 fully saturated rings. The molecule has 0 amide bonds. The van der Waals surface area contributed by atoms with E-state index in [2.05, 4.69) is 28.6 Å². The second-order valence-corrected chi connectivity index (χ2v) is 9.34. The van der Waals surface area contributed by atoms with Crippen molar-refractivity contribution in [3.05, 3.63) is 98.9 Å². The molecule has 3 aromatic carbocycles. The van der Waals surface area contributed by atoms with Crippen molar-refractivity contribution in [2.75, 3.05) is 13.7 Å². The van der Waals surface area contributed by atoms with Gasteiger partial charge in [-0.15, -0.1) is 0 Å². The highest BCUT2D eigenvalue weighted by Crippen LogP contribution is 2.27. The molecule has 0 aliphatic heterocycles. The number of para-hydroxylation sites is 3. The molecule has 0 atom stereocenters. The molecular weight excluding hydrogens is 458 g/mol. The summed E-state index contributed by atoms with van der Waals surface area (Å²) in [6.45, 7) is 3.29. The lowest BCUT2D eigenvalue weighted by atomic mass is 10.1. The summed E-state index contributed by atoms with van der Waals surface area (Å²) in [7, 11) is 1.65. The van der Waals surface area contributed by atoms with Gasteiger partial charge in [-0.25, -0.2) is 9.38 Å². The molecule has 0 N–H and O–H groups in total. The maximum atomic E-state index is 13.3. The Morgan fingerprint density at radius 1 is 0.971 bits per heavy atom. The molecule has 6 aromatic rings. The fourth-order valence-corrected chi connectivity index (χ4v) is 5.59. The summed E-state index contributed by atoms with van der Waals surface area (Å²) in [5.41, 5.74) is 4.91. The van der Waals surface area contributed by atoms with Gasteiger partial charge in [-0.1, -0.05) is 47.7 Å². The molecule has 3 heterocycles. The van der Waals surface area contributed by atoms with Gasteiger partial charge in [-0.3, -0.25) is 4.79 Å². The van der Waals surface area contributed by atoms with E-state index in [1.807, 2.05) is 66.7 Å². The number of thiazole rings is 1. The molecule has 6 nitrogen and oxygen atoms in total. The zero-order valence-electron chi connectivity index (χ0n) is 19.4. The molecule has 0 aliphatic rings. The molecule has 0 aliphatic carbocycles. The standard InChI is InChI=1S/C28H23N3O3S/c1-18-22(17-26-27(32)31-25-13-6-4-11-23(25)29-28(31)35-26)21-10-3-5-12-24(21)30(18)14-15-34-20-9-7-8-19(16-20)33-2/h3-13,16-17H,14-15H2,1-2H3/b26-17-. The van der Waals surface area contributed by atoms with Crippen LogP contribution in [-0.4, -0.2) is 27.7 Å². The summed E-state index contributed by atoms with van der Waals surface area (Å²) >= 11 is 1.43. The number of fused-ring (bicyclic) bond motifs is 4. The third-order valence-electron chi connectivity index (χ3n) is 6.33. The van der Waals surface area contributed by atoms with Crippen LogP contribution in [-0.2, 0) is 6.54 Å². The third-order valence-corrected chi connectivity index (χ3v) is 7.29. The molecule has 0 saturated heterocycles. The Hall–Kier alpha value is -4.10. The number of aromatic nitrogens is 3. The van der Waals surface area contributed by atoms with Crippen LogP contribution in [0.3, 0.4) is 0 Å². The van der Waals surface area contributed by atoms with E-state index in [0.717, 1.165) is 49.7 Å². The first-order chi connectivity index (χ1) is 17.1. The summed E-state index contributed by atoms with van der Waals surface area (Å²) in [5, 5.41) is 1.11. The van der Waals surface area contributed by atoms with Crippen molar-refractivity contribution in [3.8, 4) is 11.5 Å². The smallest absolute Gasteiger partial charge is 0.274 e. The van der Waals surface area contributed by atoms with Crippen LogP contribution in [0.2, 0.25) is 0 Å². The Balaban J connectivity index is 1.39. The summed E-state index contributed by atoms with van der Waals surface area (Å²) in [5.74, 6) is 1.54. The van der Waals surface area contributed by atoms with Gasteiger partial charge in [-0.2, -0.15) is 0 Å². The maximum Gasteiger partial charge on any atom is 0.274 e. The second kappa shape index (κ2) is 8.60. The number of hydrogen-bond donors (Lipinski definition) is 0. The van der Waals surface area contributed by atoms with Gasteiger partial charge in [0.15, 0.2) is 4.96 Å². The highest BCUT2D eigenvalue weighted by Gasteiger charge is 2.15. The van der Waals surface area contributed by atoms with Crippen molar-refractivity contribution in [1.29, 1.82) is 0 Å². The number of nitrogens with zero attached hydrogens (tertiary/aromatic N) is 3. The molecule has 0 radical (unpaired) electrons. The first-order valence-corrected chi connectivity index (χ1v) is 12.2. The first-order valence-electron chi connectivity index (χ1n) is 11.4. The minimum absolute atomic E-state index is 0.0312. The summed E-state index contributed by atoms with van der Waals surface area (Å²) in [6.07, 6.45) is 2.01. The number of benzene rings is 3. The van der Waals surface area contributed by atoms with Crippen molar-refractivity contribution in [2.45, 2.75) is 13.5 Å². The Morgan fingerprint density at radius 2 is 1.74 bits per heavy atom. The van der Waals surface area contributed by atoms with E-state index in [-0.39, 0.29) is 5.56 Å². The van der Waals surface area contributed by atoms with Gasteiger partial charge in [0.05, 0.1) is 29.2 Å². The van der Waals surface area contributed by atoms with Crippen molar-refractivity contribution >= 4 is 44.3 Å². The van der Waals surface area contributed by atoms with Gasteiger partial charge in [0, 0.05) is 28.2 Å². The average molecular weight is 482 g/mol. The van der Waals surface area contributed by atoms with E-state index >= 15 is 0 Å². The van der Waals surface area contributed by atoms with Crippen molar-refractivity contribution < 1.29 is 9.47 Å². The predicted molar refractivity (Wildman–Crippen MR) is 141 cm³/mol. The largest absolute Gasteiger partial charge is 0.497 e. The zero-order valence-corrected chi connectivity index (χ0v) is 20.2. The second-order valence-electron chi connectivity index (χ2n) is 8.33. The molecule has 7 heteroatoms. The van der Waals surface area contributed by atoms with Gasteiger partial charge < -0.3 is 14.0 Å². The van der Waals surface area contributed by atoms with Crippen LogP contribution in [0.15, 0.2) is 77.6 Å². The molecule has 3 aromatic heterocycles. The third kappa shape index (κ3) is 3.65. The lowest BCUT2D eigenvalue weighted by molar-refractivity contribution is 0.297. The van der Waals surface area contributed by atoms with Crippen LogP contribution < -0.4 is 19.6 Å². The maximum absolute atomic E-state index is 13.3. The van der Waals surface area contributed by atoms with Crippen LogP contribution >= 0.6 is 11.3 Å². The van der Waals surface area contributed by atoms with E-state index in [1.165, 1.54) is 11.3 Å². The minimum Gasteiger partial charge on any atom is -0.497 e. The van der Waals surface area contributed by atoms with E-state index in [4.69, 9.17) is 9.47 Å². The Morgan fingerprint density at radius 3 is 2.60 bits per heavy atom. The minimum atomic E-state index is -0.0312. The first kappa shape index (κ1) is 21.4. The Bertz CT molecular complexity index is 1810. The van der Waals surface area contributed by atoms with Crippen LogP contribution in [0, 0.1) is 6.92 Å². The Labute approximate surface area is 205 Å². The lowest BCUT2D eigenvalue weighted by Gasteiger charge is -2.11. The SMILES string of the molecule is COc1cccc(OCCn2c(C)c(/C=c3\sc4nc5ccccc5n4c3=O)c3ccccc32)c1. The van der Waals surface area contributed by atoms with Gasteiger partial charge in [0.2, 0.25) is 0 Å². The number of ether oxygens (including phenoxy) is 2. The molecule has 0 unspecified atom stereocenters. The van der Waals surface area contributed by atoms with E-state index in [0.29, 0.717) is 17.7 Å². The fraction of sp³-hybridized carbons (Fsp3) is 0.143. The number of methoxy groups -OCH3 is 1.